The number of benzene rings is 2. The standard InChI is InChI=1S/C14H14O2/c1-2-3-8-16-14-10-12-7-5-4-6-11(12)9-13(14)15/h2-7,9-10,15H,8H2,1H3/b3-2+. The van der Waals surface area contributed by atoms with Crippen LogP contribution in [0.5, 0.6) is 11.5 Å². The smallest absolute Gasteiger partial charge is 0.162 e. The molecular formula is C14H14O2. The van der Waals surface area contributed by atoms with E-state index in [2.05, 4.69) is 0 Å². The molecule has 0 amide bonds. The van der Waals surface area contributed by atoms with Crippen LogP contribution in [0.2, 0.25) is 0 Å². The topological polar surface area (TPSA) is 29.5 Å². The molecule has 0 aliphatic carbocycles. The van der Waals surface area contributed by atoms with Crippen molar-refractivity contribution in [2.75, 3.05) is 6.61 Å². The van der Waals surface area contributed by atoms with Gasteiger partial charge in [-0.25, -0.2) is 0 Å². The van der Waals surface area contributed by atoms with Gasteiger partial charge in [-0.15, -0.1) is 0 Å². The van der Waals surface area contributed by atoms with Gasteiger partial charge in [0.05, 0.1) is 0 Å². The van der Waals surface area contributed by atoms with Crippen molar-refractivity contribution in [2.45, 2.75) is 6.92 Å². The molecule has 0 heterocycles. The maximum Gasteiger partial charge on any atom is 0.162 e. The van der Waals surface area contributed by atoms with Gasteiger partial charge in [0.1, 0.15) is 6.61 Å². The summed E-state index contributed by atoms with van der Waals surface area (Å²) in [5, 5.41) is 11.8. The van der Waals surface area contributed by atoms with E-state index < -0.39 is 0 Å². The first-order valence-corrected chi connectivity index (χ1v) is 5.27. The van der Waals surface area contributed by atoms with Crippen molar-refractivity contribution in [3.8, 4) is 11.5 Å². The van der Waals surface area contributed by atoms with Crippen molar-refractivity contribution < 1.29 is 9.84 Å². The van der Waals surface area contributed by atoms with E-state index in [0.29, 0.717) is 12.4 Å². The summed E-state index contributed by atoms with van der Waals surface area (Å²) in [7, 11) is 0. The normalized spacial score (nSPS) is 11.1. The van der Waals surface area contributed by atoms with E-state index in [1.807, 2.05) is 49.4 Å². The summed E-state index contributed by atoms with van der Waals surface area (Å²) in [6.45, 7) is 2.41. The molecule has 0 radical (unpaired) electrons. The minimum atomic E-state index is 0.184. The van der Waals surface area contributed by atoms with Crippen molar-refractivity contribution in [1.29, 1.82) is 0 Å². The van der Waals surface area contributed by atoms with Gasteiger partial charge in [0.25, 0.3) is 0 Å². The molecule has 2 aromatic rings. The fraction of sp³-hybridized carbons (Fsp3) is 0.143. The molecule has 2 rings (SSSR count). The molecule has 0 saturated heterocycles. The van der Waals surface area contributed by atoms with Crippen molar-refractivity contribution in [1.82, 2.24) is 0 Å². The number of allylic oxidation sites excluding steroid dienone is 1. The van der Waals surface area contributed by atoms with Crippen LogP contribution in [0.15, 0.2) is 48.6 Å². The third kappa shape index (κ3) is 2.16. The number of phenolic OH excluding ortho intramolecular Hbond substituents is 1. The Hall–Kier alpha value is -1.96. The molecule has 2 heteroatoms. The second-order valence-electron chi connectivity index (χ2n) is 3.55. The third-order valence-electron chi connectivity index (χ3n) is 2.40. The van der Waals surface area contributed by atoms with E-state index in [0.717, 1.165) is 10.8 Å². The van der Waals surface area contributed by atoms with Gasteiger partial charge in [-0.2, -0.15) is 0 Å². The molecule has 0 aliphatic heterocycles. The molecule has 2 nitrogen and oxygen atoms in total. The Bertz CT molecular complexity index is 515. The molecule has 0 bridgehead atoms. The lowest BCUT2D eigenvalue weighted by Crippen LogP contribution is -1.93. The minimum Gasteiger partial charge on any atom is -0.504 e. The van der Waals surface area contributed by atoms with E-state index >= 15 is 0 Å². The molecule has 16 heavy (non-hydrogen) atoms. The van der Waals surface area contributed by atoms with Crippen LogP contribution in [0, 0.1) is 0 Å². The Labute approximate surface area is 94.8 Å². The highest BCUT2D eigenvalue weighted by Gasteiger charge is 2.03. The molecule has 0 aromatic heterocycles. The summed E-state index contributed by atoms with van der Waals surface area (Å²) in [4.78, 5) is 0. The molecule has 0 fully saturated rings. The predicted molar refractivity (Wildman–Crippen MR) is 65.9 cm³/mol. The number of hydrogen-bond acceptors (Lipinski definition) is 2. The van der Waals surface area contributed by atoms with Gasteiger partial charge < -0.3 is 9.84 Å². The van der Waals surface area contributed by atoms with Crippen LogP contribution in [0.25, 0.3) is 10.8 Å². The highest BCUT2D eigenvalue weighted by atomic mass is 16.5. The predicted octanol–water partition coefficient (Wildman–Crippen LogP) is 3.50. The fourth-order valence-corrected chi connectivity index (χ4v) is 1.56. The average molecular weight is 214 g/mol. The lowest BCUT2D eigenvalue weighted by atomic mass is 10.1. The molecule has 1 N–H and O–H groups in total. The molecule has 82 valence electrons. The van der Waals surface area contributed by atoms with Gasteiger partial charge in [0.15, 0.2) is 11.5 Å². The molecule has 0 atom stereocenters. The molecule has 0 saturated carbocycles. The monoisotopic (exact) mass is 214 g/mol. The zero-order valence-electron chi connectivity index (χ0n) is 9.18. The van der Waals surface area contributed by atoms with Crippen LogP contribution in [0.4, 0.5) is 0 Å². The number of fused-ring (bicyclic) bond motifs is 1. The second kappa shape index (κ2) is 4.71. The van der Waals surface area contributed by atoms with E-state index in [1.54, 1.807) is 6.07 Å². The summed E-state index contributed by atoms with van der Waals surface area (Å²) < 4.78 is 5.45. The Balaban J connectivity index is 2.34. The van der Waals surface area contributed by atoms with Crippen LogP contribution in [-0.4, -0.2) is 11.7 Å². The van der Waals surface area contributed by atoms with Crippen LogP contribution in [-0.2, 0) is 0 Å². The Morgan fingerprint density at radius 2 is 1.88 bits per heavy atom. The van der Waals surface area contributed by atoms with Crippen LogP contribution >= 0.6 is 0 Å². The summed E-state index contributed by atoms with van der Waals surface area (Å²) in [5.74, 6) is 0.708. The third-order valence-corrected chi connectivity index (χ3v) is 2.40. The molecule has 2 aromatic carbocycles. The largest absolute Gasteiger partial charge is 0.504 e. The minimum absolute atomic E-state index is 0.184. The second-order valence-corrected chi connectivity index (χ2v) is 3.55. The van der Waals surface area contributed by atoms with Gasteiger partial charge in [0.2, 0.25) is 0 Å². The van der Waals surface area contributed by atoms with Gasteiger partial charge in [-0.05, 0) is 29.8 Å². The molecule has 0 spiro atoms. The summed E-state index contributed by atoms with van der Waals surface area (Å²) in [6.07, 6.45) is 3.81. The summed E-state index contributed by atoms with van der Waals surface area (Å²) in [5.41, 5.74) is 0. The quantitative estimate of drug-likeness (QED) is 0.792. The van der Waals surface area contributed by atoms with Crippen LogP contribution in [0.3, 0.4) is 0 Å². The van der Waals surface area contributed by atoms with E-state index in [1.165, 1.54) is 0 Å². The van der Waals surface area contributed by atoms with Gasteiger partial charge in [-0.1, -0.05) is 36.4 Å². The maximum absolute atomic E-state index is 9.76. The zero-order chi connectivity index (χ0) is 11.4. The number of phenols is 1. The first-order valence-electron chi connectivity index (χ1n) is 5.27. The number of rotatable bonds is 3. The van der Waals surface area contributed by atoms with Gasteiger partial charge in [0, 0.05) is 0 Å². The summed E-state index contributed by atoms with van der Waals surface area (Å²) >= 11 is 0. The molecule has 0 aliphatic rings. The first kappa shape index (κ1) is 10.6. The van der Waals surface area contributed by atoms with Crippen LogP contribution < -0.4 is 4.74 Å². The zero-order valence-corrected chi connectivity index (χ0v) is 9.18. The van der Waals surface area contributed by atoms with Crippen molar-refractivity contribution >= 4 is 10.8 Å². The molecule has 0 unspecified atom stereocenters. The first-order chi connectivity index (χ1) is 7.81. The van der Waals surface area contributed by atoms with Crippen LogP contribution in [0.1, 0.15) is 6.92 Å². The number of ether oxygens (including phenoxy) is 1. The fourth-order valence-electron chi connectivity index (χ4n) is 1.56. The number of hydrogen-bond donors (Lipinski definition) is 1. The average Bonchev–Trinajstić information content (AvgIpc) is 2.30. The van der Waals surface area contributed by atoms with E-state index in [9.17, 15) is 5.11 Å². The van der Waals surface area contributed by atoms with Crippen molar-refractivity contribution in [2.24, 2.45) is 0 Å². The van der Waals surface area contributed by atoms with Crippen molar-refractivity contribution in [3.63, 3.8) is 0 Å². The summed E-state index contributed by atoms with van der Waals surface area (Å²) in [6, 6.07) is 11.5. The van der Waals surface area contributed by atoms with E-state index in [4.69, 9.17) is 4.74 Å². The van der Waals surface area contributed by atoms with Gasteiger partial charge in [-0.3, -0.25) is 0 Å². The van der Waals surface area contributed by atoms with Gasteiger partial charge >= 0.3 is 0 Å². The highest BCUT2D eigenvalue weighted by Crippen LogP contribution is 2.31. The Morgan fingerprint density at radius 3 is 2.56 bits per heavy atom. The Morgan fingerprint density at radius 1 is 1.19 bits per heavy atom. The lowest BCUT2D eigenvalue weighted by molar-refractivity contribution is 0.337. The maximum atomic E-state index is 9.76. The van der Waals surface area contributed by atoms with E-state index in [-0.39, 0.29) is 5.75 Å². The van der Waals surface area contributed by atoms with Crippen molar-refractivity contribution in [3.05, 3.63) is 48.6 Å². The number of aromatic hydroxyl groups is 1. The molecular weight excluding hydrogens is 200 g/mol. The SMILES string of the molecule is C/C=C/COc1cc2ccccc2cc1O. The lowest BCUT2D eigenvalue weighted by Gasteiger charge is -2.07. The Kier molecular flexibility index (Phi) is 3.10. The highest BCUT2D eigenvalue weighted by molar-refractivity contribution is 5.85.